The van der Waals surface area contributed by atoms with Gasteiger partial charge < -0.3 is 20.5 Å². The van der Waals surface area contributed by atoms with Gasteiger partial charge in [0.1, 0.15) is 18.2 Å². The molecule has 4 rings (SSSR count). The summed E-state index contributed by atoms with van der Waals surface area (Å²) in [6, 6.07) is 25.7. The topological polar surface area (TPSA) is 105 Å². The number of aliphatic imine (C=N–C) groups is 1. The lowest BCUT2D eigenvalue weighted by Gasteiger charge is -2.25. The van der Waals surface area contributed by atoms with Crippen LogP contribution in [0.3, 0.4) is 0 Å². The number of hydrogen-bond acceptors (Lipinski definition) is 4. The predicted molar refractivity (Wildman–Crippen MR) is 145 cm³/mol. The smallest absolute Gasteiger partial charge is 0.304 e. The minimum atomic E-state index is -0.947. The summed E-state index contributed by atoms with van der Waals surface area (Å²) in [4.78, 5) is 30.1. The van der Waals surface area contributed by atoms with Gasteiger partial charge in [-0.1, -0.05) is 66.7 Å². The molecule has 0 aliphatic carbocycles. The van der Waals surface area contributed by atoms with Crippen LogP contribution in [-0.2, 0) is 16.0 Å². The van der Waals surface area contributed by atoms with Gasteiger partial charge in [-0.3, -0.25) is 14.6 Å². The molecule has 0 bridgehead atoms. The molecule has 1 aliphatic rings. The molecule has 1 amide bonds. The van der Waals surface area contributed by atoms with Gasteiger partial charge in [-0.15, -0.1) is 0 Å². The normalized spacial score (nSPS) is 17.7. The van der Waals surface area contributed by atoms with E-state index >= 15 is 0 Å². The van der Waals surface area contributed by atoms with E-state index in [2.05, 4.69) is 17.1 Å². The van der Waals surface area contributed by atoms with E-state index in [-0.39, 0.29) is 18.4 Å². The van der Waals surface area contributed by atoms with Gasteiger partial charge in [-0.25, -0.2) is 0 Å². The summed E-state index contributed by atoms with van der Waals surface area (Å²) in [5.41, 5.74) is 10.1. The number of carbonyl (C=O) groups is 2. The van der Waals surface area contributed by atoms with Gasteiger partial charge in [0.05, 0.1) is 18.4 Å². The van der Waals surface area contributed by atoms with Crippen LogP contribution in [0.1, 0.15) is 30.4 Å². The Hall–Kier alpha value is -4.13. The highest BCUT2D eigenvalue weighted by molar-refractivity contribution is 5.97. The first-order valence-electron chi connectivity index (χ1n) is 12.6. The standard InChI is InChI=1S/C30H33N3O4/c1-32-29(31)24-11-9-22(10-12-24)23-13-15-27(16-14-23)37-20-26-18-25(19-28(34)35)30(36)33(26)17-5-8-21-6-3-2-4-7-21/h2-4,6-7,9-16,25-26H,5,8,17-20H2,1H3,(H2,31,32)(H,34,35)/t25-,26-/m0/s1. The molecule has 1 heterocycles. The summed E-state index contributed by atoms with van der Waals surface area (Å²) in [5.74, 6) is -0.324. The van der Waals surface area contributed by atoms with E-state index in [9.17, 15) is 14.7 Å². The van der Waals surface area contributed by atoms with Gasteiger partial charge in [-0.05, 0) is 48.1 Å². The lowest BCUT2D eigenvalue weighted by Crippen LogP contribution is -2.38. The highest BCUT2D eigenvalue weighted by atomic mass is 16.5. The number of carboxylic acid groups (broad SMARTS) is 1. The first-order valence-corrected chi connectivity index (χ1v) is 12.6. The summed E-state index contributed by atoms with van der Waals surface area (Å²) in [5, 5.41) is 9.26. The van der Waals surface area contributed by atoms with Gasteiger partial charge in [0.15, 0.2) is 0 Å². The maximum absolute atomic E-state index is 13.0. The fourth-order valence-electron chi connectivity index (χ4n) is 4.80. The number of benzene rings is 3. The van der Waals surface area contributed by atoms with Crippen molar-refractivity contribution in [2.24, 2.45) is 16.6 Å². The fraction of sp³-hybridized carbons (Fsp3) is 0.300. The number of amides is 1. The van der Waals surface area contributed by atoms with Crippen molar-refractivity contribution in [3.05, 3.63) is 90.0 Å². The quantitative estimate of drug-likeness (QED) is 0.301. The fourth-order valence-corrected chi connectivity index (χ4v) is 4.80. The molecular formula is C30H33N3O4. The number of aryl methyl sites for hydroxylation is 1. The van der Waals surface area contributed by atoms with Crippen molar-refractivity contribution in [2.75, 3.05) is 20.2 Å². The molecule has 1 saturated heterocycles. The second-order valence-corrected chi connectivity index (χ2v) is 9.33. The Labute approximate surface area is 217 Å². The van der Waals surface area contributed by atoms with Gasteiger partial charge >= 0.3 is 5.97 Å². The Morgan fingerprint density at radius 1 is 1.03 bits per heavy atom. The van der Waals surface area contributed by atoms with E-state index < -0.39 is 11.9 Å². The number of likely N-dealkylation sites (tertiary alicyclic amines) is 1. The number of aliphatic carboxylic acids is 1. The van der Waals surface area contributed by atoms with Crippen LogP contribution in [0.4, 0.5) is 0 Å². The van der Waals surface area contributed by atoms with Crippen molar-refractivity contribution in [2.45, 2.75) is 31.7 Å². The van der Waals surface area contributed by atoms with Crippen LogP contribution in [0.5, 0.6) is 5.75 Å². The first kappa shape index (κ1) is 25.9. The zero-order chi connectivity index (χ0) is 26.2. The summed E-state index contributed by atoms with van der Waals surface area (Å²) >= 11 is 0. The number of hydrogen-bond donors (Lipinski definition) is 2. The van der Waals surface area contributed by atoms with Gasteiger partial charge in [0.2, 0.25) is 5.91 Å². The molecule has 192 valence electrons. The van der Waals surface area contributed by atoms with Crippen LogP contribution >= 0.6 is 0 Å². The minimum Gasteiger partial charge on any atom is -0.491 e. The van der Waals surface area contributed by atoms with Gasteiger partial charge in [-0.2, -0.15) is 0 Å². The minimum absolute atomic E-state index is 0.0865. The lowest BCUT2D eigenvalue weighted by atomic mass is 10.0. The van der Waals surface area contributed by atoms with Crippen LogP contribution in [0.2, 0.25) is 0 Å². The summed E-state index contributed by atoms with van der Waals surface area (Å²) in [7, 11) is 1.67. The highest BCUT2D eigenvalue weighted by Gasteiger charge is 2.40. The highest BCUT2D eigenvalue weighted by Crippen LogP contribution is 2.29. The van der Waals surface area contributed by atoms with E-state index in [1.54, 1.807) is 7.05 Å². The molecule has 1 fully saturated rings. The summed E-state index contributed by atoms with van der Waals surface area (Å²) < 4.78 is 6.07. The van der Waals surface area contributed by atoms with E-state index in [1.807, 2.05) is 71.6 Å². The van der Waals surface area contributed by atoms with E-state index in [4.69, 9.17) is 10.5 Å². The van der Waals surface area contributed by atoms with Crippen LogP contribution in [0, 0.1) is 5.92 Å². The number of ether oxygens (including phenoxy) is 1. The van der Waals surface area contributed by atoms with Gasteiger partial charge in [0, 0.05) is 19.2 Å². The monoisotopic (exact) mass is 499 g/mol. The third-order valence-corrected chi connectivity index (χ3v) is 6.81. The molecular weight excluding hydrogens is 466 g/mol. The van der Waals surface area contributed by atoms with Crippen molar-refractivity contribution in [1.29, 1.82) is 0 Å². The average molecular weight is 500 g/mol. The van der Waals surface area contributed by atoms with Crippen LogP contribution in [-0.4, -0.2) is 54.0 Å². The second kappa shape index (κ2) is 12.2. The van der Waals surface area contributed by atoms with E-state index in [0.717, 1.165) is 29.5 Å². The molecule has 7 heteroatoms. The van der Waals surface area contributed by atoms with Crippen molar-refractivity contribution in [3.63, 3.8) is 0 Å². The molecule has 2 atom stereocenters. The number of carboxylic acids is 1. The van der Waals surface area contributed by atoms with E-state index in [1.165, 1.54) is 5.56 Å². The maximum atomic E-state index is 13.0. The Morgan fingerprint density at radius 3 is 2.30 bits per heavy atom. The Morgan fingerprint density at radius 2 is 1.68 bits per heavy atom. The number of nitrogens with zero attached hydrogens (tertiary/aromatic N) is 2. The van der Waals surface area contributed by atoms with Crippen molar-refractivity contribution < 1.29 is 19.4 Å². The zero-order valence-corrected chi connectivity index (χ0v) is 21.0. The second-order valence-electron chi connectivity index (χ2n) is 9.33. The maximum Gasteiger partial charge on any atom is 0.304 e. The van der Waals surface area contributed by atoms with Crippen LogP contribution in [0.15, 0.2) is 83.9 Å². The molecule has 0 unspecified atom stereocenters. The lowest BCUT2D eigenvalue weighted by molar-refractivity contribution is -0.142. The largest absolute Gasteiger partial charge is 0.491 e. The number of rotatable bonds is 11. The van der Waals surface area contributed by atoms with Crippen molar-refractivity contribution in [3.8, 4) is 16.9 Å². The number of amidine groups is 1. The molecule has 7 nitrogen and oxygen atoms in total. The van der Waals surface area contributed by atoms with Crippen LogP contribution in [0.25, 0.3) is 11.1 Å². The SMILES string of the molecule is CN=C(N)c1ccc(-c2ccc(OC[C@@H]3C[C@@H](CC(=O)O)C(=O)N3CCCc3ccccc3)cc2)cc1. The Bertz CT molecular complexity index is 1220. The predicted octanol–water partition coefficient (Wildman–Crippen LogP) is 4.39. The molecule has 3 aromatic rings. The zero-order valence-electron chi connectivity index (χ0n) is 21.0. The Kier molecular flexibility index (Phi) is 8.56. The molecule has 0 spiro atoms. The number of nitrogens with two attached hydrogens (primary N) is 1. The molecule has 3 N–H and O–H groups in total. The summed E-state index contributed by atoms with van der Waals surface area (Å²) in [6.45, 7) is 0.914. The summed E-state index contributed by atoms with van der Waals surface area (Å²) in [6.07, 6.45) is 2.02. The third kappa shape index (κ3) is 6.76. The van der Waals surface area contributed by atoms with Crippen molar-refractivity contribution >= 4 is 17.7 Å². The van der Waals surface area contributed by atoms with Crippen molar-refractivity contribution in [1.82, 2.24) is 4.90 Å². The molecule has 1 aliphatic heterocycles. The van der Waals surface area contributed by atoms with Crippen LogP contribution < -0.4 is 10.5 Å². The first-order chi connectivity index (χ1) is 17.9. The molecule has 0 saturated carbocycles. The average Bonchev–Trinajstić information content (AvgIpc) is 3.21. The van der Waals surface area contributed by atoms with Gasteiger partial charge in [0.25, 0.3) is 0 Å². The third-order valence-electron chi connectivity index (χ3n) is 6.81. The molecule has 0 radical (unpaired) electrons. The van der Waals surface area contributed by atoms with E-state index in [0.29, 0.717) is 31.2 Å². The Balaban J connectivity index is 1.37. The molecule has 3 aromatic carbocycles. The number of carbonyl (C=O) groups excluding carboxylic acids is 1. The molecule has 37 heavy (non-hydrogen) atoms. The molecule has 0 aromatic heterocycles.